The highest BCUT2D eigenvalue weighted by Gasteiger charge is 2.47. The molecule has 2 heterocycles. The molecular formula is C18H26N2O2S. The zero-order chi connectivity index (χ0) is 16.0. The average Bonchev–Trinajstić information content (AvgIpc) is 3.06. The minimum Gasteiger partial charge on any atom is -0.391 e. The van der Waals surface area contributed by atoms with Crippen molar-refractivity contribution in [3.8, 4) is 0 Å². The van der Waals surface area contributed by atoms with Gasteiger partial charge in [-0.3, -0.25) is 9.69 Å². The lowest BCUT2D eigenvalue weighted by Crippen LogP contribution is -2.54. The maximum absolute atomic E-state index is 12.7. The smallest absolute Gasteiger partial charge is 0.226 e. The second kappa shape index (κ2) is 6.19. The molecule has 0 radical (unpaired) electrons. The van der Waals surface area contributed by atoms with Crippen LogP contribution in [0, 0.1) is 12.8 Å². The van der Waals surface area contributed by atoms with E-state index in [0.717, 1.165) is 51.9 Å². The summed E-state index contributed by atoms with van der Waals surface area (Å²) >= 11 is 1.84. The first-order chi connectivity index (χ1) is 11.1. The van der Waals surface area contributed by atoms with E-state index in [2.05, 4.69) is 28.9 Å². The summed E-state index contributed by atoms with van der Waals surface area (Å²) in [6, 6.07) is 4.68. The molecule has 5 heteroatoms. The lowest BCUT2D eigenvalue weighted by atomic mass is 10.1. The van der Waals surface area contributed by atoms with Crippen LogP contribution in [-0.4, -0.2) is 59.1 Å². The van der Waals surface area contributed by atoms with E-state index in [1.807, 2.05) is 11.3 Å². The van der Waals surface area contributed by atoms with Crippen molar-refractivity contribution in [1.82, 2.24) is 9.80 Å². The normalized spacial score (nSPS) is 34.8. The number of aryl methyl sites for hydroxylation is 1. The maximum atomic E-state index is 12.7. The highest BCUT2D eigenvalue weighted by molar-refractivity contribution is 7.12. The van der Waals surface area contributed by atoms with Crippen molar-refractivity contribution < 1.29 is 9.90 Å². The summed E-state index contributed by atoms with van der Waals surface area (Å²) in [6.45, 7) is 5.62. The van der Waals surface area contributed by atoms with Gasteiger partial charge >= 0.3 is 0 Å². The number of hydrogen-bond acceptors (Lipinski definition) is 4. The molecule has 0 unspecified atom stereocenters. The van der Waals surface area contributed by atoms with Crippen LogP contribution in [0.1, 0.15) is 41.4 Å². The fraction of sp³-hybridized carbons (Fsp3) is 0.722. The third kappa shape index (κ3) is 3.06. The summed E-state index contributed by atoms with van der Waals surface area (Å²) in [7, 11) is 0. The van der Waals surface area contributed by atoms with Crippen LogP contribution in [0.4, 0.5) is 0 Å². The lowest BCUT2D eigenvalue weighted by molar-refractivity contribution is -0.135. The average molecular weight is 334 g/mol. The van der Waals surface area contributed by atoms with Crippen molar-refractivity contribution in [2.75, 3.05) is 26.2 Å². The Balaban J connectivity index is 1.30. The number of aliphatic hydroxyl groups excluding tert-OH is 1. The highest BCUT2D eigenvalue weighted by atomic mass is 32.1. The first kappa shape index (κ1) is 15.6. The molecule has 1 aromatic heterocycles. The van der Waals surface area contributed by atoms with Gasteiger partial charge in [-0.25, -0.2) is 0 Å². The standard InChI is InChI=1S/C18H26N2O2S/c1-12-5-6-17(23-12)13-11-14(13)18(22)20-9-7-19(8-10-20)15-3-2-4-16(15)21/h5-6,13-16,21H,2-4,7-11H2,1H3/t13-,14+,15-,16+/m1/s1. The van der Waals surface area contributed by atoms with Crippen LogP contribution in [0.15, 0.2) is 12.1 Å². The Bertz CT molecular complexity index is 579. The quantitative estimate of drug-likeness (QED) is 0.922. The summed E-state index contributed by atoms with van der Waals surface area (Å²) in [5.74, 6) is 1.04. The summed E-state index contributed by atoms with van der Waals surface area (Å²) in [5.41, 5.74) is 0. The number of carbonyl (C=O) groups excluding carboxylic acids is 1. The van der Waals surface area contributed by atoms with E-state index >= 15 is 0 Å². The SMILES string of the molecule is Cc1ccc([C@@H]2C[C@@H]2C(=O)N2CCN([C@@H]3CCC[C@@H]3O)CC2)s1. The molecule has 1 saturated heterocycles. The minimum absolute atomic E-state index is 0.160. The minimum atomic E-state index is -0.160. The van der Waals surface area contributed by atoms with Gasteiger partial charge in [-0.1, -0.05) is 0 Å². The van der Waals surface area contributed by atoms with Crippen LogP contribution >= 0.6 is 11.3 Å². The molecule has 126 valence electrons. The Morgan fingerprint density at radius 2 is 2.00 bits per heavy atom. The molecule has 4 atom stereocenters. The number of rotatable bonds is 3. The van der Waals surface area contributed by atoms with Gasteiger partial charge in [-0.15, -0.1) is 11.3 Å². The van der Waals surface area contributed by atoms with Gasteiger partial charge in [0.25, 0.3) is 0 Å². The van der Waals surface area contributed by atoms with Gasteiger partial charge in [-0.2, -0.15) is 0 Å². The monoisotopic (exact) mass is 334 g/mol. The fourth-order valence-corrected chi connectivity index (χ4v) is 5.35. The molecule has 1 N–H and O–H groups in total. The predicted molar refractivity (Wildman–Crippen MR) is 91.7 cm³/mol. The summed E-state index contributed by atoms with van der Waals surface area (Å²) < 4.78 is 0. The molecule has 2 aliphatic carbocycles. The van der Waals surface area contributed by atoms with Gasteiger partial charge in [0.2, 0.25) is 5.91 Å². The van der Waals surface area contributed by atoms with Crippen LogP contribution in [0.5, 0.6) is 0 Å². The number of carbonyl (C=O) groups is 1. The van der Waals surface area contributed by atoms with Gasteiger partial charge in [-0.05, 0) is 44.7 Å². The van der Waals surface area contributed by atoms with Crippen molar-refractivity contribution in [1.29, 1.82) is 0 Å². The van der Waals surface area contributed by atoms with Crippen LogP contribution < -0.4 is 0 Å². The highest BCUT2D eigenvalue weighted by Crippen LogP contribution is 2.50. The van der Waals surface area contributed by atoms with E-state index in [4.69, 9.17) is 0 Å². The lowest BCUT2D eigenvalue weighted by Gasteiger charge is -2.39. The van der Waals surface area contributed by atoms with E-state index in [1.165, 1.54) is 9.75 Å². The Labute approximate surface area is 142 Å². The molecular weight excluding hydrogens is 308 g/mol. The van der Waals surface area contributed by atoms with E-state index in [1.54, 1.807) is 0 Å². The molecule has 4 rings (SSSR count). The molecule has 3 fully saturated rings. The number of hydrogen-bond donors (Lipinski definition) is 1. The van der Waals surface area contributed by atoms with Crippen molar-refractivity contribution in [2.24, 2.45) is 5.92 Å². The number of nitrogens with zero attached hydrogens (tertiary/aromatic N) is 2. The Hall–Kier alpha value is -0.910. The van der Waals surface area contributed by atoms with Gasteiger partial charge in [0, 0.05) is 53.8 Å². The third-order valence-electron chi connectivity index (χ3n) is 5.77. The van der Waals surface area contributed by atoms with E-state index in [-0.39, 0.29) is 12.0 Å². The van der Waals surface area contributed by atoms with Crippen LogP contribution in [0.25, 0.3) is 0 Å². The Kier molecular flexibility index (Phi) is 4.20. The molecule has 23 heavy (non-hydrogen) atoms. The Morgan fingerprint density at radius 3 is 2.61 bits per heavy atom. The zero-order valence-corrected chi connectivity index (χ0v) is 14.6. The van der Waals surface area contributed by atoms with Crippen molar-refractivity contribution >= 4 is 17.2 Å². The maximum Gasteiger partial charge on any atom is 0.226 e. The first-order valence-electron chi connectivity index (χ1n) is 8.90. The number of amides is 1. The zero-order valence-electron chi connectivity index (χ0n) is 13.8. The van der Waals surface area contributed by atoms with E-state index < -0.39 is 0 Å². The largest absolute Gasteiger partial charge is 0.391 e. The molecule has 1 amide bonds. The third-order valence-corrected chi connectivity index (χ3v) is 6.91. The molecule has 0 bridgehead atoms. The summed E-state index contributed by atoms with van der Waals surface area (Å²) in [5, 5.41) is 10.1. The summed E-state index contributed by atoms with van der Waals surface area (Å²) in [6.07, 6.45) is 4.05. The fourth-order valence-electron chi connectivity index (χ4n) is 4.29. The van der Waals surface area contributed by atoms with Crippen molar-refractivity contribution in [3.63, 3.8) is 0 Å². The van der Waals surface area contributed by atoms with Crippen LogP contribution in [0.2, 0.25) is 0 Å². The summed E-state index contributed by atoms with van der Waals surface area (Å²) in [4.78, 5) is 19.9. The molecule has 2 saturated carbocycles. The molecule has 0 spiro atoms. The van der Waals surface area contributed by atoms with Gasteiger partial charge in [0.15, 0.2) is 0 Å². The molecule has 0 aromatic carbocycles. The van der Waals surface area contributed by atoms with E-state index in [0.29, 0.717) is 17.9 Å². The van der Waals surface area contributed by atoms with Gasteiger partial charge < -0.3 is 10.0 Å². The predicted octanol–water partition coefficient (Wildman–Crippen LogP) is 2.22. The number of piperazine rings is 1. The molecule has 3 aliphatic rings. The Morgan fingerprint density at radius 1 is 1.22 bits per heavy atom. The number of aliphatic hydroxyl groups is 1. The molecule has 1 aliphatic heterocycles. The van der Waals surface area contributed by atoms with Crippen molar-refractivity contribution in [3.05, 3.63) is 21.9 Å². The van der Waals surface area contributed by atoms with Gasteiger partial charge in [0.1, 0.15) is 0 Å². The van der Waals surface area contributed by atoms with Crippen LogP contribution in [-0.2, 0) is 4.79 Å². The van der Waals surface area contributed by atoms with Gasteiger partial charge in [0.05, 0.1) is 6.10 Å². The molecule has 4 nitrogen and oxygen atoms in total. The second-order valence-electron chi connectivity index (χ2n) is 7.32. The van der Waals surface area contributed by atoms with E-state index in [9.17, 15) is 9.90 Å². The van der Waals surface area contributed by atoms with Crippen molar-refractivity contribution in [2.45, 2.75) is 50.7 Å². The topological polar surface area (TPSA) is 43.8 Å². The number of thiophene rings is 1. The molecule has 1 aromatic rings. The second-order valence-corrected chi connectivity index (χ2v) is 8.64. The van der Waals surface area contributed by atoms with Crippen LogP contribution in [0.3, 0.4) is 0 Å². The first-order valence-corrected chi connectivity index (χ1v) is 9.72.